The number of halogens is 1. The lowest BCUT2D eigenvalue weighted by Crippen LogP contribution is -2.35. The molecule has 0 saturated carbocycles. The number of amides is 1. The van der Waals surface area contributed by atoms with Crippen LogP contribution in [0.3, 0.4) is 0 Å². The number of terminal acetylenes is 1. The Morgan fingerprint density at radius 2 is 2.26 bits per heavy atom. The number of nitrogens with two attached hydrogens (primary N) is 1. The van der Waals surface area contributed by atoms with Crippen LogP contribution in [0.15, 0.2) is 18.2 Å². The van der Waals surface area contributed by atoms with E-state index in [0.717, 1.165) is 0 Å². The van der Waals surface area contributed by atoms with Crippen molar-refractivity contribution in [3.8, 4) is 12.3 Å². The topological polar surface area (TPSA) is 81.4 Å². The number of ether oxygens (including phenoxy) is 1. The molecule has 1 unspecified atom stereocenters. The number of hydrogen-bond donors (Lipinski definition) is 2. The molecule has 0 aliphatic rings. The number of carbonyl (C=O) groups is 2. The summed E-state index contributed by atoms with van der Waals surface area (Å²) in [7, 11) is 1.24. The molecule has 6 heteroatoms. The third-order valence-corrected chi connectivity index (χ3v) is 2.55. The number of esters is 1. The van der Waals surface area contributed by atoms with Gasteiger partial charge in [0.25, 0.3) is 0 Å². The number of methoxy groups -OCH3 is 1. The van der Waals surface area contributed by atoms with Gasteiger partial charge in [-0.3, -0.25) is 4.79 Å². The van der Waals surface area contributed by atoms with E-state index >= 15 is 0 Å². The highest BCUT2D eigenvalue weighted by Crippen LogP contribution is 2.22. The van der Waals surface area contributed by atoms with Gasteiger partial charge in [0.15, 0.2) is 0 Å². The van der Waals surface area contributed by atoms with Gasteiger partial charge in [-0.05, 0) is 18.2 Å². The van der Waals surface area contributed by atoms with Crippen LogP contribution in [0.1, 0.15) is 16.8 Å². The van der Waals surface area contributed by atoms with E-state index < -0.39 is 17.9 Å². The summed E-state index contributed by atoms with van der Waals surface area (Å²) in [5.74, 6) is 1.21. The lowest BCUT2D eigenvalue weighted by atomic mass is 10.1. The van der Waals surface area contributed by atoms with E-state index in [0.29, 0.717) is 5.02 Å². The predicted molar refractivity (Wildman–Crippen MR) is 72.8 cm³/mol. The smallest absolute Gasteiger partial charge is 0.339 e. The molecular weight excluding hydrogens is 268 g/mol. The third kappa shape index (κ3) is 3.98. The van der Waals surface area contributed by atoms with Gasteiger partial charge < -0.3 is 15.8 Å². The van der Waals surface area contributed by atoms with E-state index in [-0.39, 0.29) is 17.7 Å². The van der Waals surface area contributed by atoms with E-state index in [1.807, 2.05) is 0 Å². The molecule has 1 aromatic rings. The van der Waals surface area contributed by atoms with Crippen molar-refractivity contribution in [2.24, 2.45) is 5.73 Å². The molecule has 0 aromatic heterocycles. The van der Waals surface area contributed by atoms with Gasteiger partial charge in [-0.1, -0.05) is 11.6 Å². The monoisotopic (exact) mass is 280 g/mol. The fourth-order valence-corrected chi connectivity index (χ4v) is 1.53. The maximum absolute atomic E-state index is 11.7. The van der Waals surface area contributed by atoms with Gasteiger partial charge in [-0.25, -0.2) is 4.79 Å². The Hall–Kier alpha value is -2.03. The molecule has 0 bridgehead atoms. The van der Waals surface area contributed by atoms with Gasteiger partial charge in [-0.15, -0.1) is 12.3 Å². The van der Waals surface area contributed by atoms with Gasteiger partial charge in [-0.2, -0.15) is 0 Å². The summed E-state index contributed by atoms with van der Waals surface area (Å²) in [6.07, 6.45) is 5.18. The molecule has 0 aliphatic heterocycles. The van der Waals surface area contributed by atoms with Gasteiger partial charge in [0, 0.05) is 11.4 Å². The average molecular weight is 281 g/mol. The molecule has 1 amide bonds. The molecule has 19 heavy (non-hydrogen) atoms. The van der Waals surface area contributed by atoms with Crippen molar-refractivity contribution in [3.63, 3.8) is 0 Å². The Bertz CT molecular complexity index is 537. The fourth-order valence-electron chi connectivity index (χ4n) is 1.35. The second kappa shape index (κ2) is 6.78. The number of carbonyl (C=O) groups excluding carboxylic acids is 2. The van der Waals surface area contributed by atoms with Crippen molar-refractivity contribution in [3.05, 3.63) is 28.8 Å². The maximum Gasteiger partial charge on any atom is 0.339 e. The fraction of sp³-hybridized carbons (Fsp3) is 0.231. The largest absolute Gasteiger partial charge is 0.465 e. The summed E-state index contributed by atoms with van der Waals surface area (Å²) in [6.45, 7) is 0. The third-order valence-electron chi connectivity index (χ3n) is 2.32. The highest BCUT2D eigenvalue weighted by Gasteiger charge is 2.17. The molecular formula is C13H13ClN2O3. The summed E-state index contributed by atoms with van der Waals surface area (Å²) in [5.41, 5.74) is 5.99. The molecule has 1 aromatic carbocycles. The first-order valence-corrected chi connectivity index (χ1v) is 5.75. The first-order valence-electron chi connectivity index (χ1n) is 5.37. The summed E-state index contributed by atoms with van der Waals surface area (Å²) >= 11 is 5.82. The molecule has 0 aliphatic carbocycles. The van der Waals surface area contributed by atoms with E-state index in [1.54, 1.807) is 0 Å². The number of nitrogens with one attached hydrogen (secondary N) is 1. The molecule has 0 heterocycles. The average Bonchev–Trinajstić information content (AvgIpc) is 2.38. The minimum absolute atomic E-state index is 0.0972. The molecule has 0 radical (unpaired) electrons. The van der Waals surface area contributed by atoms with E-state index in [1.165, 1.54) is 25.3 Å². The van der Waals surface area contributed by atoms with Crippen molar-refractivity contribution >= 4 is 29.2 Å². The Labute approximate surface area is 116 Å². The molecule has 3 N–H and O–H groups in total. The summed E-state index contributed by atoms with van der Waals surface area (Å²) < 4.78 is 4.61. The molecule has 1 atom stereocenters. The van der Waals surface area contributed by atoms with Crippen LogP contribution >= 0.6 is 11.6 Å². The lowest BCUT2D eigenvalue weighted by Gasteiger charge is -2.13. The van der Waals surface area contributed by atoms with Crippen molar-refractivity contribution in [2.75, 3.05) is 12.4 Å². The Morgan fingerprint density at radius 1 is 1.58 bits per heavy atom. The van der Waals surface area contributed by atoms with Gasteiger partial charge >= 0.3 is 5.97 Å². The van der Waals surface area contributed by atoms with Crippen molar-refractivity contribution in [2.45, 2.75) is 12.5 Å². The van der Waals surface area contributed by atoms with Crippen LogP contribution < -0.4 is 11.1 Å². The van der Waals surface area contributed by atoms with Crippen LogP contribution in [0, 0.1) is 12.3 Å². The highest BCUT2D eigenvalue weighted by atomic mass is 35.5. The summed E-state index contributed by atoms with van der Waals surface area (Å²) in [5, 5.41) is 2.88. The molecule has 0 saturated heterocycles. The first-order chi connectivity index (χ1) is 8.99. The molecule has 0 spiro atoms. The minimum atomic E-state index is -0.852. The van der Waals surface area contributed by atoms with Crippen LogP contribution in [0.25, 0.3) is 0 Å². The Morgan fingerprint density at radius 3 is 2.84 bits per heavy atom. The molecule has 0 fully saturated rings. The van der Waals surface area contributed by atoms with Gasteiger partial charge in [0.1, 0.15) is 0 Å². The van der Waals surface area contributed by atoms with Crippen LogP contribution in [0.2, 0.25) is 5.02 Å². The molecule has 1 rings (SSSR count). The standard InChI is InChI=1S/C13H13ClN2O3/c1-3-4-10(15)12(17)16-11-7-8(14)5-6-9(11)13(18)19-2/h1,5-7,10H,4,15H2,2H3,(H,16,17). The Balaban J connectivity index is 2.99. The van der Waals surface area contributed by atoms with Crippen LogP contribution in [0.4, 0.5) is 5.69 Å². The Kier molecular flexibility index (Phi) is 5.37. The van der Waals surface area contributed by atoms with Crippen LogP contribution in [-0.4, -0.2) is 25.0 Å². The quantitative estimate of drug-likeness (QED) is 0.645. The van der Waals surface area contributed by atoms with Crippen molar-refractivity contribution in [1.29, 1.82) is 0 Å². The van der Waals surface area contributed by atoms with Gasteiger partial charge in [0.05, 0.1) is 24.4 Å². The normalized spacial score (nSPS) is 11.3. The van der Waals surface area contributed by atoms with Crippen molar-refractivity contribution < 1.29 is 14.3 Å². The van der Waals surface area contributed by atoms with Crippen LogP contribution in [-0.2, 0) is 9.53 Å². The zero-order valence-corrected chi connectivity index (χ0v) is 11.0. The summed E-state index contributed by atoms with van der Waals surface area (Å²) in [6, 6.07) is 3.56. The number of benzene rings is 1. The number of rotatable bonds is 4. The number of hydrogen-bond acceptors (Lipinski definition) is 4. The first kappa shape index (κ1) is 15.0. The van der Waals surface area contributed by atoms with E-state index in [9.17, 15) is 9.59 Å². The van der Waals surface area contributed by atoms with E-state index in [4.69, 9.17) is 23.8 Å². The van der Waals surface area contributed by atoms with Gasteiger partial charge in [0.2, 0.25) is 5.91 Å². The summed E-state index contributed by atoms with van der Waals surface area (Å²) in [4.78, 5) is 23.3. The highest BCUT2D eigenvalue weighted by molar-refractivity contribution is 6.31. The van der Waals surface area contributed by atoms with E-state index in [2.05, 4.69) is 16.0 Å². The second-order valence-electron chi connectivity index (χ2n) is 3.69. The molecule has 5 nitrogen and oxygen atoms in total. The second-order valence-corrected chi connectivity index (χ2v) is 4.12. The van der Waals surface area contributed by atoms with Crippen LogP contribution in [0.5, 0.6) is 0 Å². The zero-order chi connectivity index (χ0) is 14.4. The SMILES string of the molecule is C#CCC(N)C(=O)Nc1cc(Cl)ccc1C(=O)OC. The zero-order valence-electron chi connectivity index (χ0n) is 10.3. The number of anilines is 1. The predicted octanol–water partition coefficient (Wildman–Crippen LogP) is 1.42. The van der Waals surface area contributed by atoms with Crippen molar-refractivity contribution in [1.82, 2.24) is 0 Å². The lowest BCUT2D eigenvalue weighted by molar-refractivity contribution is -0.117. The molecule has 100 valence electrons. The maximum atomic E-state index is 11.7. The minimum Gasteiger partial charge on any atom is -0.465 e.